The van der Waals surface area contributed by atoms with Crippen LogP contribution >= 0.6 is 0 Å². The number of rotatable bonds is 3. The summed E-state index contributed by atoms with van der Waals surface area (Å²) in [6.07, 6.45) is 5.87. The summed E-state index contributed by atoms with van der Waals surface area (Å²) in [6.45, 7) is 3.93. The lowest BCUT2D eigenvalue weighted by atomic mass is 9.97. The van der Waals surface area contributed by atoms with Gasteiger partial charge >= 0.3 is 0 Å². The van der Waals surface area contributed by atoms with Gasteiger partial charge in [0.25, 0.3) is 0 Å². The Morgan fingerprint density at radius 1 is 0.950 bits per heavy atom. The first-order valence-corrected chi connectivity index (χ1v) is 7.08. The Hall–Kier alpha value is -1.58. The highest BCUT2D eigenvalue weighted by molar-refractivity contribution is 5.68. The Morgan fingerprint density at radius 2 is 1.40 bits per heavy atom. The third kappa shape index (κ3) is 2.39. The van der Waals surface area contributed by atoms with Gasteiger partial charge in [-0.2, -0.15) is 0 Å². The van der Waals surface area contributed by atoms with Crippen LogP contribution in [0.2, 0.25) is 0 Å². The van der Waals surface area contributed by atoms with E-state index in [4.69, 9.17) is 0 Å². The molecule has 0 unspecified atom stereocenters. The fraction of sp³-hybridized carbons (Fsp3) is 0.500. The molecule has 2 aliphatic carbocycles. The van der Waals surface area contributed by atoms with E-state index in [-0.39, 0.29) is 5.82 Å². The zero-order valence-corrected chi connectivity index (χ0v) is 12.2. The third-order valence-corrected chi connectivity index (χ3v) is 4.15. The first kappa shape index (κ1) is 14.8. The van der Waals surface area contributed by atoms with E-state index in [1.165, 1.54) is 11.1 Å². The summed E-state index contributed by atoms with van der Waals surface area (Å²) in [4.78, 5) is 0. The monoisotopic (exact) mass is 280 g/mol. The molecule has 0 aromatic heterocycles. The van der Waals surface area contributed by atoms with Crippen LogP contribution < -0.4 is 10.6 Å². The molecule has 2 N–H and O–H groups in total. The van der Waals surface area contributed by atoms with Crippen molar-refractivity contribution in [1.82, 2.24) is 5.32 Å². The second kappa shape index (κ2) is 6.25. The molecule has 0 fully saturated rings. The van der Waals surface area contributed by atoms with Gasteiger partial charge in [0.15, 0.2) is 0 Å². The molecule has 2 nitrogen and oxygen atoms in total. The number of nitrogens with one attached hydrogen (secondary N) is 2. The largest absolute Gasteiger partial charge is 0.375 e. The third-order valence-electron chi connectivity index (χ3n) is 4.15. The minimum atomic E-state index is 0.0793. The molecule has 0 saturated carbocycles. The van der Waals surface area contributed by atoms with Crippen molar-refractivity contribution in [1.29, 1.82) is 0 Å². The van der Waals surface area contributed by atoms with Crippen molar-refractivity contribution in [3.05, 3.63) is 40.5 Å². The number of benzene rings is 1. The first-order chi connectivity index (χ1) is 9.72. The van der Waals surface area contributed by atoms with Gasteiger partial charge in [0.2, 0.25) is 0 Å². The summed E-state index contributed by atoms with van der Waals surface area (Å²) in [5.41, 5.74) is 5.40. The number of halogens is 2. The number of hydrogen-bond acceptors (Lipinski definition) is 2. The first-order valence-electron chi connectivity index (χ1n) is 7.08. The van der Waals surface area contributed by atoms with Gasteiger partial charge in [-0.3, -0.25) is 4.39 Å². The highest BCUT2D eigenvalue weighted by atomic mass is 19.1. The minimum absolute atomic E-state index is 0.0793. The van der Waals surface area contributed by atoms with Gasteiger partial charge in [-0.25, -0.2) is 4.39 Å². The molecule has 4 heteroatoms. The second-order valence-corrected chi connectivity index (χ2v) is 5.16. The molecule has 0 heterocycles. The molecule has 2 aliphatic rings. The molecule has 110 valence electrons. The molecular weight excluding hydrogens is 258 g/mol. The molecule has 0 atom stereocenters. The van der Waals surface area contributed by atoms with Crippen LogP contribution in [0.25, 0.3) is 0 Å². The van der Waals surface area contributed by atoms with Gasteiger partial charge in [0.05, 0.1) is 13.0 Å². The van der Waals surface area contributed by atoms with Crippen LogP contribution in [0.5, 0.6) is 0 Å². The molecular formula is C16H22F2N2. The van der Waals surface area contributed by atoms with E-state index in [2.05, 4.69) is 17.2 Å². The lowest BCUT2D eigenvalue weighted by molar-refractivity contribution is 0.598. The molecule has 1 aromatic carbocycles. The average molecular weight is 280 g/mol. The number of hydrogen-bond donors (Lipinski definition) is 2. The van der Waals surface area contributed by atoms with E-state index in [0.717, 1.165) is 61.2 Å². The Kier molecular flexibility index (Phi) is 4.63. The minimum Gasteiger partial charge on any atom is -0.375 e. The zero-order chi connectivity index (χ0) is 14.7. The van der Waals surface area contributed by atoms with E-state index >= 15 is 0 Å². The second-order valence-electron chi connectivity index (χ2n) is 5.16. The molecule has 1 aromatic rings. The molecule has 0 spiro atoms. The van der Waals surface area contributed by atoms with Gasteiger partial charge in [-0.05, 0) is 60.8 Å². The van der Waals surface area contributed by atoms with E-state index in [9.17, 15) is 8.78 Å². The normalized spacial score (nSPS) is 15.0. The summed E-state index contributed by atoms with van der Waals surface area (Å²) in [6, 6.07) is 0. The maximum atomic E-state index is 14.4. The Bertz CT molecular complexity index is 489. The standard InChI is InChI=1S/C15H19FN2.CH3F/c1-9(17-2)18-15-12-7-3-5-10(12)14(16)11-6-4-8-13(11)15;1-2/h17-18H,1,3-8H2,2H3;1H3. The maximum Gasteiger partial charge on any atom is 0.130 e. The van der Waals surface area contributed by atoms with Crippen LogP contribution in [0.15, 0.2) is 12.4 Å². The van der Waals surface area contributed by atoms with Crippen molar-refractivity contribution >= 4 is 5.69 Å². The lowest BCUT2D eigenvalue weighted by Crippen LogP contribution is -2.16. The van der Waals surface area contributed by atoms with Crippen molar-refractivity contribution < 1.29 is 8.78 Å². The summed E-state index contributed by atoms with van der Waals surface area (Å²) >= 11 is 0. The van der Waals surface area contributed by atoms with Crippen LogP contribution in [0.3, 0.4) is 0 Å². The predicted molar refractivity (Wildman–Crippen MR) is 79.3 cm³/mol. The molecule has 0 bridgehead atoms. The van der Waals surface area contributed by atoms with Crippen LogP contribution in [0.4, 0.5) is 14.5 Å². The maximum absolute atomic E-state index is 14.4. The summed E-state index contributed by atoms with van der Waals surface area (Å²) in [5.74, 6) is 0.862. The van der Waals surface area contributed by atoms with Gasteiger partial charge < -0.3 is 10.6 Å². The van der Waals surface area contributed by atoms with Crippen molar-refractivity contribution in [2.24, 2.45) is 0 Å². The lowest BCUT2D eigenvalue weighted by Gasteiger charge is -2.18. The number of anilines is 1. The molecule has 0 amide bonds. The van der Waals surface area contributed by atoms with Crippen LogP contribution in [-0.2, 0) is 25.7 Å². The van der Waals surface area contributed by atoms with Crippen molar-refractivity contribution in [3.8, 4) is 0 Å². The highest BCUT2D eigenvalue weighted by Gasteiger charge is 2.28. The van der Waals surface area contributed by atoms with Gasteiger partial charge in [0.1, 0.15) is 5.82 Å². The van der Waals surface area contributed by atoms with Gasteiger partial charge in [0, 0.05) is 12.7 Å². The quantitative estimate of drug-likeness (QED) is 0.885. The van der Waals surface area contributed by atoms with Crippen LogP contribution in [0, 0.1) is 5.82 Å². The van der Waals surface area contributed by atoms with Crippen molar-refractivity contribution in [2.45, 2.75) is 38.5 Å². The fourth-order valence-electron chi connectivity index (χ4n) is 3.25. The molecule has 3 rings (SSSR count). The average Bonchev–Trinajstić information content (AvgIpc) is 3.14. The summed E-state index contributed by atoms with van der Waals surface area (Å²) in [5, 5.41) is 6.36. The molecule has 0 saturated heterocycles. The molecule has 0 aliphatic heterocycles. The van der Waals surface area contributed by atoms with Crippen molar-refractivity contribution in [2.75, 3.05) is 19.5 Å². The van der Waals surface area contributed by atoms with E-state index in [0.29, 0.717) is 7.18 Å². The van der Waals surface area contributed by atoms with Crippen LogP contribution in [-0.4, -0.2) is 14.2 Å². The van der Waals surface area contributed by atoms with Gasteiger partial charge in [-0.15, -0.1) is 0 Å². The SMILES string of the molecule is C=C(NC)Nc1c2c(c(F)c3c1CCC3)CCC2.CF. The Balaban J connectivity index is 0.000000704. The Morgan fingerprint density at radius 3 is 1.85 bits per heavy atom. The molecule has 0 radical (unpaired) electrons. The Labute approximate surface area is 119 Å². The number of alkyl halides is 1. The van der Waals surface area contributed by atoms with Crippen molar-refractivity contribution in [3.63, 3.8) is 0 Å². The van der Waals surface area contributed by atoms with E-state index in [1.54, 1.807) is 0 Å². The summed E-state index contributed by atoms with van der Waals surface area (Å²) in [7, 11) is 2.35. The summed E-state index contributed by atoms with van der Waals surface area (Å²) < 4.78 is 23.9. The fourth-order valence-corrected chi connectivity index (χ4v) is 3.25. The number of fused-ring (bicyclic) bond motifs is 2. The smallest absolute Gasteiger partial charge is 0.130 e. The topological polar surface area (TPSA) is 24.1 Å². The molecule has 20 heavy (non-hydrogen) atoms. The van der Waals surface area contributed by atoms with E-state index in [1.807, 2.05) is 7.05 Å². The highest BCUT2D eigenvalue weighted by Crippen LogP contribution is 2.41. The van der Waals surface area contributed by atoms with E-state index < -0.39 is 0 Å². The zero-order valence-electron chi connectivity index (χ0n) is 12.2. The van der Waals surface area contributed by atoms with Crippen LogP contribution in [0.1, 0.15) is 35.1 Å². The predicted octanol–water partition coefficient (Wildman–Crippen LogP) is 3.49. The van der Waals surface area contributed by atoms with Gasteiger partial charge in [-0.1, -0.05) is 6.58 Å².